The lowest BCUT2D eigenvalue weighted by molar-refractivity contribution is -0.139. The molecule has 1 aliphatic carbocycles. The molecular formula is C32H39N3O6S. The first kappa shape index (κ1) is 30.9. The van der Waals surface area contributed by atoms with E-state index in [0.29, 0.717) is 11.5 Å². The standard InChI is InChI=1S/C32H39N3O6S/c1-24(32(37)33-26-14-6-4-7-15-26)34(22-25-13-12-16-27(21-25)40-2)31(36)23-35(29-19-10-11-20-30(29)41-3)42(38,39)28-17-8-5-9-18-28/h5,8-13,16-21,24,26H,4,6-7,14-15,22-23H2,1-3H3,(H,33,37)/t24-/m0/s1. The van der Waals surface area contributed by atoms with E-state index in [1.165, 1.54) is 24.1 Å². The van der Waals surface area contributed by atoms with Crippen LogP contribution in [-0.4, -0.2) is 58.0 Å². The Hall–Kier alpha value is -4.05. The third-order valence-corrected chi connectivity index (χ3v) is 9.34. The van der Waals surface area contributed by atoms with Crippen molar-refractivity contribution in [3.63, 3.8) is 0 Å². The Morgan fingerprint density at radius 2 is 1.60 bits per heavy atom. The molecule has 1 fully saturated rings. The number of carbonyl (C=O) groups is 2. The predicted octanol–water partition coefficient (Wildman–Crippen LogP) is 4.77. The number of anilines is 1. The Labute approximate surface area is 248 Å². The monoisotopic (exact) mass is 593 g/mol. The molecule has 9 nitrogen and oxygen atoms in total. The summed E-state index contributed by atoms with van der Waals surface area (Å²) in [5, 5.41) is 3.11. The number of rotatable bonds is 12. The predicted molar refractivity (Wildman–Crippen MR) is 162 cm³/mol. The van der Waals surface area contributed by atoms with Crippen LogP contribution >= 0.6 is 0 Å². The van der Waals surface area contributed by atoms with Gasteiger partial charge in [-0.2, -0.15) is 0 Å². The first-order valence-electron chi connectivity index (χ1n) is 14.2. The molecule has 3 aromatic carbocycles. The van der Waals surface area contributed by atoms with Crippen LogP contribution in [0.2, 0.25) is 0 Å². The highest BCUT2D eigenvalue weighted by Gasteiger charge is 2.34. The maximum atomic E-state index is 14.2. The van der Waals surface area contributed by atoms with E-state index in [9.17, 15) is 18.0 Å². The second-order valence-electron chi connectivity index (χ2n) is 10.4. The summed E-state index contributed by atoms with van der Waals surface area (Å²) in [6.07, 6.45) is 5.06. The number of hydrogen-bond donors (Lipinski definition) is 1. The van der Waals surface area contributed by atoms with Gasteiger partial charge >= 0.3 is 0 Å². The van der Waals surface area contributed by atoms with Crippen LogP contribution in [0.1, 0.15) is 44.6 Å². The fraction of sp³-hybridized carbons (Fsp3) is 0.375. The zero-order chi connectivity index (χ0) is 30.1. The van der Waals surface area contributed by atoms with Gasteiger partial charge in [0.15, 0.2) is 0 Å². The molecule has 0 aromatic heterocycles. The average Bonchev–Trinajstić information content (AvgIpc) is 3.03. The van der Waals surface area contributed by atoms with Gasteiger partial charge in [0.2, 0.25) is 11.8 Å². The highest BCUT2D eigenvalue weighted by atomic mass is 32.2. The molecule has 4 rings (SSSR count). The Bertz CT molecular complexity index is 1460. The smallest absolute Gasteiger partial charge is 0.264 e. The summed E-state index contributed by atoms with van der Waals surface area (Å²) < 4.78 is 39.8. The Kier molecular flexibility index (Phi) is 10.5. The maximum absolute atomic E-state index is 14.2. The van der Waals surface area contributed by atoms with Gasteiger partial charge in [-0.05, 0) is 61.7 Å². The molecule has 0 aliphatic heterocycles. The number of benzene rings is 3. The molecule has 3 aromatic rings. The summed E-state index contributed by atoms with van der Waals surface area (Å²) in [5.41, 5.74) is 0.965. The molecule has 1 N–H and O–H groups in total. The van der Waals surface area contributed by atoms with Crippen LogP contribution in [0.3, 0.4) is 0 Å². The van der Waals surface area contributed by atoms with Gasteiger partial charge in [-0.1, -0.05) is 61.7 Å². The number of hydrogen-bond acceptors (Lipinski definition) is 6. The first-order chi connectivity index (χ1) is 20.2. The van der Waals surface area contributed by atoms with Crippen LogP contribution in [-0.2, 0) is 26.2 Å². The normalized spacial score (nSPS) is 14.5. The maximum Gasteiger partial charge on any atom is 0.264 e. The third-order valence-electron chi connectivity index (χ3n) is 7.57. The van der Waals surface area contributed by atoms with Gasteiger partial charge in [0.1, 0.15) is 24.1 Å². The lowest BCUT2D eigenvalue weighted by Gasteiger charge is -2.33. The summed E-state index contributed by atoms with van der Waals surface area (Å²) in [4.78, 5) is 29.1. The van der Waals surface area contributed by atoms with Crippen LogP contribution in [0.15, 0.2) is 83.8 Å². The Morgan fingerprint density at radius 3 is 2.29 bits per heavy atom. The molecule has 0 saturated heterocycles. The number of nitrogens with one attached hydrogen (secondary N) is 1. The highest BCUT2D eigenvalue weighted by molar-refractivity contribution is 7.92. The molecule has 224 valence electrons. The van der Waals surface area contributed by atoms with Crippen molar-refractivity contribution in [2.45, 2.75) is 62.6 Å². The van der Waals surface area contributed by atoms with E-state index in [4.69, 9.17) is 9.47 Å². The number of para-hydroxylation sites is 2. The molecule has 0 spiro atoms. The summed E-state index contributed by atoms with van der Waals surface area (Å²) in [7, 11) is -1.18. The fourth-order valence-corrected chi connectivity index (χ4v) is 6.63. The molecule has 1 saturated carbocycles. The first-order valence-corrected chi connectivity index (χ1v) is 15.6. The van der Waals surface area contributed by atoms with E-state index in [-0.39, 0.29) is 29.1 Å². The summed E-state index contributed by atoms with van der Waals surface area (Å²) in [6.45, 7) is 1.22. The van der Waals surface area contributed by atoms with Gasteiger partial charge in [-0.25, -0.2) is 8.42 Å². The topological polar surface area (TPSA) is 105 Å². The minimum Gasteiger partial charge on any atom is -0.497 e. The van der Waals surface area contributed by atoms with E-state index < -0.39 is 28.5 Å². The summed E-state index contributed by atoms with van der Waals surface area (Å²) in [6, 6.07) is 21.0. The van der Waals surface area contributed by atoms with Crippen LogP contribution in [0.5, 0.6) is 11.5 Å². The SMILES string of the molecule is COc1cccc(CN(C(=O)CN(c2ccccc2OC)S(=O)(=O)c2ccccc2)[C@@H](C)C(=O)NC2CCCCC2)c1. The van der Waals surface area contributed by atoms with Crippen molar-refractivity contribution in [3.8, 4) is 11.5 Å². The molecule has 0 radical (unpaired) electrons. The number of carbonyl (C=O) groups excluding carboxylic acids is 2. The number of sulfonamides is 1. The zero-order valence-corrected chi connectivity index (χ0v) is 25.2. The summed E-state index contributed by atoms with van der Waals surface area (Å²) >= 11 is 0. The molecule has 0 unspecified atom stereocenters. The van der Waals surface area contributed by atoms with Crippen molar-refractivity contribution in [2.75, 3.05) is 25.1 Å². The number of nitrogens with zero attached hydrogens (tertiary/aromatic N) is 2. The van der Waals surface area contributed by atoms with Crippen molar-refractivity contribution >= 4 is 27.5 Å². The highest BCUT2D eigenvalue weighted by Crippen LogP contribution is 2.32. The molecule has 2 amide bonds. The Balaban J connectivity index is 1.70. The van der Waals surface area contributed by atoms with Gasteiger partial charge in [0.05, 0.1) is 24.8 Å². The van der Waals surface area contributed by atoms with Crippen LogP contribution < -0.4 is 19.1 Å². The van der Waals surface area contributed by atoms with E-state index in [1.54, 1.807) is 68.6 Å². The molecule has 0 heterocycles. The second-order valence-corrected chi connectivity index (χ2v) is 12.3. The van der Waals surface area contributed by atoms with Gasteiger partial charge < -0.3 is 19.7 Å². The molecule has 0 bridgehead atoms. The zero-order valence-electron chi connectivity index (χ0n) is 24.4. The van der Waals surface area contributed by atoms with E-state index >= 15 is 0 Å². The van der Waals surface area contributed by atoms with Crippen molar-refractivity contribution in [1.29, 1.82) is 0 Å². The van der Waals surface area contributed by atoms with Gasteiger partial charge in [-0.15, -0.1) is 0 Å². The average molecular weight is 594 g/mol. The number of amides is 2. The van der Waals surface area contributed by atoms with Crippen LogP contribution in [0.4, 0.5) is 5.69 Å². The van der Waals surface area contributed by atoms with Crippen LogP contribution in [0, 0.1) is 0 Å². The van der Waals surface area contributed by atoms with Gasteiger partial charge in [-0.3, -0.25) is 13.9 Å². The Morgan fingerprint density at radius 1 is 0.905 bits per heavy atom. The van der Waals surface area contributed by atoms with Crippen molar-refractivity contribution in [1.82, 2.24) is 10.2 Å². The quantitative estimate of drug-likeness (QED) is 0.325. The molecule has 10 heteroatoms. The molecule has 1 aliphatic rings. The van der Waals surface area contributed by atoms with Crippen molar-refractivity contribution < 1.29 is 27.5 Å². The largest absolute Gasteiger partial charge is 0.497 e. The van der Waals surface area contributed by atoms with E-state index in [1.807, 2.05) is 12.1 Å². The molecular weight excluding hydrogens is 554 g/mol. The number of methoxy groups -OCH3 is 2. The molecule has 1 atom stereocenters. The van der Waals surface area contributed by atoms with Crippen molar-refractivity contribution in [2.24, 2.45) is 0 Å². The van der Waals surface area contributed by atoms with Gasteiger partial charge in [0.25, 0.3) is 10.0 Å². The minimum absolute atomic E-state index is 0.0335. The second kappa shape index (κ2) is 14.2. The third kappa shape index (κ3) is 7.42. The van der Waals surface area contributed by atoms with Crippen molar-refractivity contribution in [3.05, 3.63) is 84.4 Å². The van der Waals surface area contributed by atoms with E-state index in [2.05, 4.69) is 5.32 Å². The molecule has 42 heavy (non-hydrogen) atoms. The lowest BCUT2D eigenvalue weighted by Crippen LogP contribution is -2.53. The van der Waals surface area contributed by atoms with Crippen LogP contribution in [0.25, 0.3) is 0 Å². The number of ether oxygens (including phenoxy) is 2. The fourth-order valence-electron chi connectivity index (χ4n) is 5.19. The summed E-state index contributed by atoms with van der Waals surface area (Å²) in [5.74, 6) is 0.108. The van der Waals surface area contributed by atoms with E-state index in [0.717, 1.165) is 42.0 Å². The lowest BCUT2D eigenvalue weighted by atomic mass is 9.95. The van der Waals surface area contributed by atoms with Gasteiger partial charge in [0, 0.05) is 12.6 Å². The minimum atomic E-state index is -4.18.